The number of sulfonamides is 1. The summed E-state index contributed by atoms with van der Waals surface area (Å²) in [6.07, 6.45) is 4.86. The number of rotatable bonds is 10. The van der Waals surface area contributed by atoms with Gasteiger partial charge in [-0.25, -0.2) is 12.8 Å². The van der Waals surface area contributed by atoms with E-state index in [0.29, 0.717) is 15.6 Å². The summed E-state index contributed by atoms with van der Waals surface area (Å²) in [6, 6.07) is 15.0. The quantitative estimate of drug-likeness (QED) is 0.276. The summed E-state index contributed by atoms with van der Waals surface area (Å²) in [4.78, 5) is 28.7. The van der Waals surface area contributed by atoms with Crippen molar-refractivity contribution in [1.29, 1.82) is 0 Å². The first-order valence-corrected chi connectivity index (χ1v) is 16.0. The van der Waals surface area contributed by atoms with E-state index in [2.05, 4.69) is 5.32 Å². The molecule has 3 aromatic rings. The van der Waals surface area contributed by atoms with Crippen LogP contribution < -0.4 is 9.62 Å². The molecule has 1 N–H and O–H groups in total. The minimum Gasteiger partial charge on any atom is -0.352 e. The van der Waals surface area contributed by atoms with E-state index < -0.39 is 34.3 Å². The van der Waals surface area contributed by atoms with Crippen LogP contribution in [0.5, 0.6) is 0 Å². The summed E-state index contributed by atoms with van der Waals surface area (Å²) >= 11 is 12.9. The summed E-state index contributed by atoms with van der Waals surface area (Å²) in [5, 5.41) is 3.67. The average molecular weight is 635 g/mol. The van der Waals surface area contributed by atoms with Crippen LogP contribution in [0.3, 0.4) is 0 Å². The maximum Gasteiger partial charge on any atom is 0.264 e. The molecule has 7 nitrogen and oxygen atoms in total. The lowest BCUT2D eigenvalue weighted by atomic mass is 9.95. The molecular formula is C31H34Cl2FN3O4S. The third-order valence-corrected chi connectivity index (χ3v) is 10.0. The molecule has 4 rings (SSSR count). The Balaban J connectivity index is 1.70. The highest BCUT2D eigenvalue weighted by Gasteiger charge is 2.34. The highest BCUT2D eigenvalue weighted by atomic mass is 35.5. The van der Waals surface area contributed by atoms with Crippen LogP contribution in [0, 0.1) is 12.7 Å². The number of amides is 2. The number of carbonyl (C=O) groups is 2. The van der Waals surface area contributed by atoms with Gasteiger partial charge in [0.05, 0.1) is 10.6 Å². The van der Waals surface area contributed by atoms with E-state index in [9.17, 15) is 22.4 Å². The first kappa shape index (κ1) is 31.8. The van der Waals surface area contributed by atoms with Crippen molar-refractivity contribution in [3.8, 4) is 0 Å². The van der Waals surface area contributed by atoms with Crippen LogP contribution in [0.25, 0.3) is 0 Å². The molecule has 1 aliphatic rings. The smallest absolute Gasteiger partial charge is 0.264 e. The maximum absolute atomic E-state index is 14.1. The Morgan fingerprint density at radius 1 is 0.952 bits per heavy atom. The van der Waals surface area contributed by atoms with Gasteiger partial charge in [0.2, 0.25) is 11.8 Å². The van der Waals surface area contributed by atoms with Gasteiger partial charge in [-0.05, 0) is 75.2 Å². The molecule has 0 radical (unpaired) electrons. The minimum atomic E-state index is -4.26. The van der Waals surface area contributed by atoms with Gasteiger partial charge in [-0.2, -0.15) is 0 Å². The summed E-state index contributed by atoms with van der Waals surface area (Å²) in [5.41, 5.74) is 1.39. The molecule has 1 saturated carbocycles. The maximum atomic E-state index is 14.1. The van der Waals surface area contributed by atoms with Crippen LogP contribution in [0.15, 0.2) is 71.6 Å². The van der Waals surface area contributed by atoms with E-state index in [1.165, 1.54) is 29.2 Å². The molecule has 1 fully saturated rings. The fraction of sp³-hybridized carbons (Fsp3) is 0.355. The highest BCUT2D eigenvalue weighted by Crippen LogP contribution is 2.29. The van der Waals surface area contributed by atoms with E-state index in [0.717, 1.165) is 54.1 Å². The number of hydrogen-bond acceptors (Lipinski definition) is 4. The zero-order valence-corrected chi connectivity index (χ0v) is 25.9. The molecule has 0 spiro atoms. The fourth-order valence-corrected chi connectivity index (χ4v) is 6.91. The van der Waals surface area contributed by atoms with E-state index in [-0.39, 0.29) is 29.1 Å². The Morgan fingerprint density at radius 3 is 2.14 bits per heavy atom. The molecule has 1 atom stereocenters. The Bertz CT molecular complexity index is 1490. The van der Waals surface area contributed by atoms with Gasteiger partial charge >= 0.3 is 0 Å². The van der Waals surface area contributed by atoms with E-state index >= 15 is 0 Å². The standard InChI is InChI=1S/C31H34Cl2FN3O4S/c1-21-11-17-26(18-12-21)42(40,41)37(25-15-13-23(34)14-16-25)20-30(38)36(19-27-28(32)9-6-10-29(27)33)22(2)31(39)35-24-7-4-3-5-8-24/h6,9-18,22,24H,3-5,7-8,19-20H2,1-2H3,(H,35,39). The zero-order valence-electron chi connectivity index (χ0n) is 23.5. The number of anilines is 1. The number of benzene rings is 3. The second-order valence-electron chi connectivity index (χ2n) is 10.5. The van der Waals surface area contributed by atoms with Crippen LogP contribution >= 0.6 is 23.2 Å². The molecule has 42 heavy (non-hydrogen) atoms. The molecule has 2 amide bonds. The van der Waals surface area contributed by atoms with Gasteiger partial charge in [-0.1, -0.05) is 66.2 Å². The Labute approximate surface area is 256 Å². The van der Waals surface area contributed by atoms with Crippen molar-refractivity contribution in [2.45, 2.75) is 69.5 Å². The van der Waals surface area contributed by atoms with Crippen LogP contribution in [-0.2, 0) is 26.2 Å². The topological polar surface area (TPSA) is 86.8 Å². The number of nitrogens with one attached hydrogen (secondary N) is 1. The lowest BCUT2D eigenvalue weighted by molar-refractivity contribution is -0.139. The molecule has 224 valence electrons. The van der Waals surface area contributed by atoms with Gasteiger partial charge in [0.15, 0.2) is 0 Å². The van der Waals surface area contributed by atoms with E-state index in [1.807, 2.05) is 6.92 Å². The fourth-order valence-electron chi connectivity index (χ4n) is 4.98. The zero-order chi connectivity index (χ0) is 30.4. The third-order valence-electron chi connectivity index (χ3n) is 7.51. The molecule has 0 aromatic heterocycles. The number of carbonyl (C=O) groups excluding carboxylic acids is 2. The van der Waals surface area contributed by atoms with Crippen LogP contribution in [0.2, 0.25) is 10.0 Å². The number of hydrogen-bond donors (Lipinski definition) is 1. The van der Waals surface area contributed by atoms with Crippen molar-refractivity contribution in [3.05, 3.63) is 93.7 Å². The molecular weight excluding hydrogens is 600 g/mol. The first-order valence-electron chi connectivity index (χ1n) is 13.8. The molecule has 0 saturated heterocycles. The van der Waals surface area contributed by atoms with Crippen LogP contribution in [-0.4, -0.2) is 43.8 Å². The molecule has 11 heteroatoms. The highest BCUT2D eigenvalue weighted by molar-refractivity contribution is 7.92. The largest absolute Gasteiger partial charge is 0.352 e. The molecule has 0 heterocycles. The second kappa shape index (κ2) is 13.9. The van der Waals surface area contributed by atoms with Crippen LogP contribution in [0.4, 0.5) is 10.1 Å². The monoisotopic (exact) mass is 633 g/mol. The third kappa shape index (κ3) is 7.62. The minimum absolute atomic E-state index is 0.00665. The Morgan fingerprint density at radius 2 is 1.55 bits per heavy atom. The van der Waals surface area contributed by atoms with Gasteiger partial charge in [0, 0.05) is 28.2 Å². The van der Waals surface area contributed by atoms with E-state index in [4.69, 9.17) is 23.2 Å². The van der Waals surface area contributed by atoms with Crippen molar-refractivity contribution in [2.24, 2.45) is 0 Å². The predicted molar refractivity (Wildman–Crippen MR) is 164 cm³/mol. The number of aryl methyl sites for hydroxylation is 1. The first-order chi connectivity index (χ1) is 20.0. The molecule has 1 unspecified atom stereocenters. The van der Waals surface area contributed by atoms with Crippen molar-refractivity contribution >= 4 is 50.7 Å². The molecule has 0 bridgehead atoms. The average Bonchev–Trinajstić information content (AvgIpc) is 2.96. The van der Waals surface area contributed by atoms with Crippen molar-refractivity contribution in [2.75, 3.05) is 10.8 Å². The lowest BCUT2D eigenvalue weighted by Crippen LogP contribution is -2.53. The van der Waals surface area contributed by atoms with Crippen molar-refractivity contribution < 1.29 is 22.4 Å². The van der Waals surface area contributed by atoms with Crippen LogP contribution in [0.1, 0.15) is 50.2 Å². The van der Waals surface area contributed by atoms with Gasteiger partial charge in [-0.3, -0.25) is 13.9 Å². The van der Waals surface area contributed by atoms with Gasteiger partial charge < -0.3 is 10.2 Å². The van der Waals surface area contributed by atoms with Gasteiger partial charge in [-0.15, -0.1) is 0 Å². The summed E-state index contributed by atoms with van der Waals surface area (Å²) < 4.78 is 42.4. The lowest BCUT2D eigenvalue weighted by Gasteiger charge is -2.33. The van der Waals surface area contributed by atoms with Gasteiger partial charge in [0.25, 0.3) is 10.0 Å². The Kier molecular flexibility index (Phi) is 10.5. The molecule has 3 aromatic carbocycles. The SMILES string of the molecule is Cc1ccc(S(=O)(=O)N(CC(=O)N(Cc2c(Cl)cccc2Cl)C(C)C(=O)NC2CCCCC2)c2ccc(F)cc2)cc1. The van der Waals surface area contributed by atoms with Crippen molar-refractivity contribution in [1.82, 2.24) is 10.2 Å². The summed E-state index contributed by atoms with van der Waals surface area (Å²) in [7, 11) is -4.26. The second-order valence-corrected chi connectivity index (χ2v) is 13.2. The predicted octanol–water partition coefficient (Wildman–Crippen LogP) is 6.50. The normalized spacial score (nSPS) is 14.7. The van der Waals surface area contributed by atoms with Gasteiger partial charge in [0.1, 0.15) is 18.4 Å². The molecule has 0 aliphatic heterocycles. The number of halogens is 3. The van der Waals surface area contributed by atoms with E-state index in [1.54, 1.807) is 37.3 Å². The summed E-state index contributed by atoms with van der Waals surface area (Å²) in [6.45, 7) is 2.65. The summed E-state index contributed by atoms with van der Waals surface area (Å²) in [5.74, 6) is -1.56. The molecule has 1 aliphatic carbocycles. The number of nitrogens with zero attached hydrogens (tertiary/aromatic N) is 2. The van der Waals surface area contributed by atoms with Crippen molar-refractivity contribution in [3.63, 3.8) is 0 Å². The Hall–Kier alpha value is -3.14.